The van der Waals surface area contributed by atoms with E-state index in [0.717, 1.165) is 21.7 Å². The molecule has 0 spiro atoms. The summed E-state index contributed by atoms with van der Waals surface area (Å²) >= 11 is 8.40. The first-order valence-electron chi connectivity index (χ1n) is 9.52. The van der Waals surface area contributed by atoms with Gasteiger partial charge in [-0.3, -0.25) is 19.4 Å². The lowest BCUT2D eigenvalue weighted by atomic mass is 10.2. The molecule has 152 valence electrons. The Morgan fingerprint density at radius 2 is 1.94 bits per heavy atom. The molecule has 31 heavy (non-hydrogen) atoms. The van der Waals surface area contributed by atoms with Gasteiger partial charge < -0.3 is 0 Å². The van der Waals surface area contributed by atoms with Crippen LogP contribution in [0.4, 0.5) is 5.69 Å². The van der Waals surface area contributed by atoms with Gasteiger partial charge in [-0.05, 0) is 35.2 Å². The van der Waals surface area contributed by atoms with Crippen LogP contribution in [0.15, 0.2) is 83.5 Å². The highest BCUT2D eigenvalue weighted by Gasteiger charge is 2.33. The molecule has 3 aromatic heterocycles. The Bertz CT molecular complexity index is 1260. The van der Waals surface area contributed by atoms with Crippen LogP contribution in [0.3, 0.4) is 0 Å². The second-order valence-corrected chi connectivity index (χ2v) is 9.45. The van der Waals surface area contributed by atoms with Gasteiger partial charge in [-0.1, -0.05) is 60.4 Å². The van der Waals surface area contributed by atoms with Crippen LogP contribution in [0.25, 0.3) is 16.6 Å². The van der Waals surface area contributed by atoms with Crippen molar-refractivity contribution in [2.75, 3.05) is 4.90 Å². The van der Waals surface area contributed by atoms with Gasteiger partial charge >= 0.3 is 0 Å². The fourth-order valence-corrected chi connectivity index (χ4v) is 5.34. The number of pyridine rings is 1. The van der Waals surface area contributed by atoms with Crippen LogP contribution in [-0.4, -0.2) is 25.0 Å². The highest BCUT2D eigenvalue weighted by molar-refractivity contribution is 8.27. The Kier molecular flexibility index (Phi) is 5.50. The van der Waals surface area contributed by atoms with Gasteiger partial charge in [0.1, 0.15) is 5.69 Å². The van der Waals surface area contributed by atoms with Gasteiger partial charge in [0.15, 0.2) is 4.32 Å². The molecule has 1 amide bonds. The molecule has 1 aliphatic rings. The molecule has 1 saturated heterocycles. The lowest BCUT2D eigenvalue weighted by molar-refractivity contribution is -0.113. The van der Waals surface area contributed by atoms with Crippen LogP contribution in [0.2, 0.25) is 0 Å². The summed E-state index contributed by atoms with van der Waals surface area (Å²) in [5, 5.41) is 6.84. The quantitative estimate of drug-likeness (QED) is 0.292. The van der Waals surface area contributed by atoms with Crippen molar-refractivity contribution in [2.45, 2.75) is 6.54 Å². The average Bonchev–Trinajstić information content (AvgIpc) is 3.50. The van der Waals surface area contributed by atoms with Gasteiger partial charge in [-0.25, -0.2) is 0 Å². The molecule has 1 fully saturated rings. The normalized spacial score (nSPS) is 15.2. The molecule has 0 saturated carbocycles. The number of nitrogens with zero attached hydrogens (tertiary/aromatic N) is 4. The second kappa shape index (κ2) is 8.58. The van der Waals surface area contributed by atoms with E-state index in [1.54, 1.807) is 29.8 Å². The van der Waals surface area contributed by atoms with Gasteiger partial charge in [0.05, 0.1) is 28.2 Å². The minimum Gasteiger partial charge on any atom is -0.268 e. The Labute approximate surface area is 193 Å². The summed E-state index contributed by atoms with van der Waals surface area (Å²) < 4.78 is 2.41. The first-order chi connectivity index (χ1) is 15.2. The zero-order chi connectivity index (χ0) is 21.2. The largest absolute Gasteiger partial charge is 0.270 e. The number of carbonyl (C=O) groups excluding carboxylic acids is 1. The number of thiocarbonyl (C=S) groups is 1. The van der Waals surface area contributed by atoms with E-state index in [0.29, 0.717) is 21.5 Å². The number of carbonyl (C=O) groups is 1. The standard InChI is InChI=1S/C23H16N4OS3/c28-22-20(31-23(29)27(22)18-8-4-10-24-13-18)12-17-15-26(14-16-6-2-1-3-7-16)25-21(17)19-9-5-11-30-19/h1-13,15H,14H2/b20-12-. The SMILES string of the molecule is O=C1/C(=C/c2cn(Cc3ccccc3)nc2-c2cccs2)SC(=S)N1c1cccnc1. The Hall–Kier alpha value is -3.07. The number of hydrogen-bond acceptors (Lipinski definition) is 6. The van der Waals surface area contributed by atoms with Crippen LogP contribution in [0, 0.1) is 0 Å². The number of thiophene rings is 1. The van der Waals surface area contributed by atoms with Crippen molar-refractivity contribution in [3.63, 3.8) is 0 Å². The van der Waals surface area contributed by atoms with E-state index < -0.39 is 0 Å². The van der Waals surface area contributed by atoms with Crippen LogP contribution >= 0.6 is 35.3 Å². The van der Waals surface area contributed by atoms with Crippen molar-refractivity contribution in [3.8, 4) is 10.6 Å². The number of benzene rings is 1. The number of anilines is 1. The lowest BCUT2D eigenvalue weighted by Gasteiger charge is -2.13. The molecular weight excluding hydrogens is 444 g/mol. The maximum Gasteiger partial charge on any atom is 0.270 e. The van der Waals surface area contributed by atoms with E-state index in [9.17, 15) is 4.79 Å². The Morgan fingerprint density at radius 3 is 2.68 bits per heavy atom. The van der Waals surface area contributed by atoms with E-state index in [2.05, 4.69) is 17.1 Å². The highest BCUT2D eigenvalue weighted by atomic mass is 32.2. The average molecular weight is 461 g/mol. The third-order valence-corrected chi connectivity index (χ3v) is 6.90. The summed E-state index contributed by atoms with van der Waals surface area (Å²) in [5.74, 6) is -0.143. The number of amides is 1. The Balaban J connectivity index is 1.51. The zero-order valence-electron chi connectivity index (χ0n) is 16.2. The molecule has 4 heterocycles. The lowest BCUT2D eigenvalue weighted by Crippen LogP contribution is -2.27. The molecule has 0 unspecified atom stereocenters. The topological polar surface area (TPSA) is 51.0 Å². The van der Waals surface area contributed by atoms with Crippen molar-refractivity contribution in [1.82, 2.24) is 14.8 Å². The second-order valence-electron chi connectivity index (χ2n) is 6.82. The predicted octanol–water partition coefficient (Wildman–Crippen LogP) is 5.46. The van der Waals surface area contributed by atoms with Gasteiger partial charge in [0.2, 0.25) is 0 Å². The fourth-order valence-electron chi connectivity index (χ4n) is 3.32. The van der Waals surface area contributed by atoms with Crippen LogP contribution < -0.4 is 4.90 Å². The molecule has 1 aromatic carbocycles. The number of thioether (sulfide) groups is 1. The molecule has 5 nitrogen and oxygen atoms in total. The van der Waals surface area contributed by atoms with Crippen molar-refractivity contribution < 1.29 is 4.79 Å². The molecule has 0 N–H and O–H groups in total. The predicted molar refractivity (Wildman–Crippen MR) is 131 cm³/mol. The summed E-state index contributed by atoms with van der Waals surface area (Å²) in [6, 6.07) is 17.8. The third kappa shape index (κ3) is 4.10. The Morgan fingerprint density at radius 1 is 1.06 bits per heavy atom. The van der Waals surface area contributed by atoms with Gasteiger partial charge in [-0.2, -0.15) is 5.10 Å². The van der Waals surface area contributed by atoms with E-state index in [1.165, 1.54) is 16.7 Å². The first-order valence-corrected chi connectivity index (χ1v) is 11.6. The summed E-state index contributed by atoms with van der Waals surface area (Å²) in [4.78, 5) is 20.4. The monoisotopic (exact) mass is 460 g/mol. The summed E-state index contributed by atoms with van der Waals surface area (Å²) in [6.07, 6.45) is 7.19. The molecule has 0 aliphatic carbocycles. The number of aromatic nitrogens is 3. The zero-order valence-corrected chi connectivity index (χ0v) is 18.7. The van der Waals surface area contributed by atoms with Crippen molar-refractivity contribution in [1.29, 1.82) is 0 Å². The van der Waals surface area contributed by atoms with E-state index in [1.807, 2.05) is 58.7 Å². The first kappa shape index (κ1) is 19.9. The molecule has 1 aliphatic heterocycles. The molecular formula is C23H16N4OS3. The summed E-state index contributed by atoms with van der Waals surface area (Å²) in [5.41, 5.74) is 3.59. The van der Waals surface area contributed by atoms with Crippen LogP contribution in [0.1, 0.15) is 11.1 Å². The smallest absolute Gasteiger partial charge is 0.268 e. The van der Waals surface area contributed by atoms with Crippen molar-refractivity contribution >= 4 is 57.3 Å². The summed E-state index contributed by atoms with van der Waals surface area (Å²) in [6.45, 7) is 0.656. The van der Waals surface area contributed by atoms with Crippen LogP contribution in [-0.2, 0) is 11.3 Å². The van der Waals surface area contributed by atoms with Crippen molar-refractivity contribution in [3.05, 3.63) is 94.6 Å². The van der Waals surface area contributed by atoms with Crippen molar-refractivity contribution in [2.24, 2.45) is 0 Å². The number of rotatable bonds is 5. The number of hydrogen-bond donors (Lipinski definition) is 0. The minimum atomic E-state index is -0.143. The maximum absolute atomic E-state index is 13.1. The maximum atomic E-state index is 13.1. The van der Waals surface area contributed by atoms with Gasteiger partial charge in [0, 0.05) is 18.0 Å². The van der Waals surface area contributed by atoms with E-state index in [4.69, 9.17) is 17.3 Å². The molecule has 0 radical (unpaired) electrons. The highest BCUT2D eigenvalue weighted by Crippen LogP contribution is 2.37. The third-order valence-electron chi connectivity index (χ3n) is 4.72. The molecule has 5 rings (SSSR count). The van der Waals surface area contributed by atoms with Gasteiger partial charge in [0.25, 0.3) is 5.91 Å². The van der Waals surface area contributed by atoms with Gasteiger partial charge in [-0.15, -0.1) is 11.3 Å². The minimum absolute atomic E-state index is 0.143. The van der Waals surface area contributed by atoms with E-state index in [-0.39, 0.29) is 5.91 Å². The van der Waals surface area contributed by atoms with Crippen LogP contribution in [0.5, 0.6) is 0 Å². The molecule has 4 aromatic rings. The molecule has 0 bridgehead atoms. The van der Waals surface area contributed by atoms with E-state index >= 15 is 0 Å². The summed E-state index contributed by atoms with van der Waals surface area (Å²) in [7, 11) is 0. The fraction of sp³-hybridized carbons (Fsp3) is 0.0435. The molecule has 8 heteroatoms. The molecule has 0 atom stereocenters.